The van der Waals surface area contributed by atoms with Gasteiger partial charge in [0.1, 0.15) is 18.9 Å². The molecule has 0 unspecified atom stereocenters. The highest BCUT2D eigenvalue weighted by Crippen LogP contribution is 2.65. The van der Waals surface area contributed by atoms with Gasteiger partial charge in [-0.3, -0.25) is 15.0 Å². The number of amides is 2. The van der Waals surface area contributed by atoms with E-state index in [-0.39, 0.29) is 47.4 Å². The molecule has 2 bridgehead atoms. The first-order valence-corrected chi connectivity index (χ1v) is 14.1. The van der Waals surface area contributed by atoms with Gasteiger partial charge in [0.05, 0.1) is 17.6 Å². The van der Waals surface area contributed by atoms with Gasteiger partial charge in [-0.15, -0.1) is 5.10 Å². The van der Waals surface area contributed by atoms with Crippen molar-refractivity contribution in [2.24, 2.45) is 23.2 Å². The lowest BCUT2D eigenvalue weighted by Gasteiger charge is -2.64. The molecule has 0 spiro atoms. The fourth-order valence-electron chi connectivity index (χ4n) is 6.62. The second-order valence-electron chi connectivity index (χ2n) is 12.4. The minimum atomic E-state index is -0.778. The molecule has 4 fully saturated rings. The van der Waals surface area contributed by atoms with Gasteiger partial charge in [-0.25, -0.2) is 4.68 Å². The third kappa shape index (κ3) is 6.37. The van der Waals surface area contributed by atoms with Crippen LogP contribution in [0.15, 0.2) is 6.33 Å². The number of hydrogen-bond donors (Lipinski definition) is 5. The molecule has 1 saturated heterocycles. The Morgan fingerprint density at radius 2 is 2.00 bits per heavy atom. The molecule has 4 aliphatic rings. The first-order valence-electron chi connectivity index (χ1n) is 14.1. The lowest BCUT2D eigenvalue weighted by Crippen LogP contribution is -2.65. The minimum absolute atomic E-state index is 0.0196. The Bertz CT molecular complexity index is 1020. The number of aromatic nitrogens is 4. The number of carbonyl (C=O) groups excluding carboxylic acids is 2. The maximum atomic E-state index is 13.6. The van der Waals surface area contributed by atoms with E-state index in [0.29, 0.717) is 43.6 Å². The SMILES string of the molecule is CNC(=N)NCCC[C@H](NC(=O)Cn1cnnn1)C(=O)N[C@@H](CC(C)C)B1O[C@@H]2C[C@@H]3C[C@@H](C3(C)C)[C@]2(C)O1. The summed E-state index contributed by atoms with van der Waals surface area (Å²) in [6, 6.07) is -0.778. The zero-order chi connectivity index (χ0) is 28.4. The zero-order valence-electron chi connectivity index (χ0n) is 24.0. The molecule has 2 amide bonds. The quantitative estimate of drug-likeness (QED) is 0.109. The molecule has 1 aromatic rings. The molecule has 216 valence electrons. The number of carbonyl (C=O) groups is 2. The third-order valence-corrected chi connectivity index (χ3v) is 8.92. The Hall–Kier alpha value is -2.74. The van der Waals surface area contributed by atoms with Crippen LogP contribution in [-0.4, -0.2) is 82.4 Å². The number of tetrazole rings is 1. The normalized spacial score (nSPS) is 28.2. The molecule has 2 heterocycles. The van der Waals surface area contributed by atoms with Crippen molar-refractivity contribution in [3.05, 3.63) is 6.33 Å². The maximum absolute atomic E-state index is 13.6. The highest BCUT2D eigenvalue weighted by molar-refractivity contribution is 6.48. The molecular formula is C25H44BN9O4. The fraction of sp³-hybridized carbons (Fsp3) is 0.840. The topological polar surface area (TPSA) is 168 Å². The first-order chi connectivity index (χ1) is 18.4. The minimum Gasteiger partial charge on any atom is -0.404 e. The lowest BCUT2D eigenvalue weighted by atomic mass is 9.43. The Balaban J connectivity index is 1.43. The monoisotopic (exact) mass is 545 g/mol. The summed E-state index contributed by atoms with van der Waals surface area (Å²) in [5.41, 5.74) is -0.140. The number of nitrogens with zero attached hydrogens (tertiary/aromatic N) is 4. The summed E-state index contributed by atoms with van der Waals surface area (Å²) >= 11 is 0. The summed E-state index contributed by atoms with van der Waals surface area (Å²) in [7, 11) is 1.12. The van der Waals surface area contributed by atoms with Crippen molar-refractivity contribution in [3.63, 3.8) is 0 Å². The molecule has 13 nitrogen and oxygen atoms in total. The summed E-state index contributed by atoms with van der Waals surface area (Å²) in [5, 5.41) is 30.2. The van der Waals surface area contributed by atoms with Crippen LogP contribution < -0.4 is 21.3 Å². The van der Waals surface area contributed by atoms with Crippen LogP contribution in [-0.2, 0) is 25.4 Å². The second kappa shape index (κ2) is 11.8. The molecule has 39 heavy (non-hydrogen) atoms. The van der Waals surface area contributed by atoms with Gasteiger partial charge >= 0.3 is 7.12 Å². The molecule has 14 heteroatoms. The van der Waals surface area contributed by atoms with Gasteiger partial charge in [0, 0.05) is 13.6 Å². The summed E-state index contributed by atoms with van der Waals surface area (Å²) in [6.45, 7) is 11.4. The van der Waals surface area contributed by atoms with Gasteiger partial charge in [-0.1, -0.05) is 27.7 Å². The predicted molar refractivity (Wildman–Crippen MR) is 145 cm³/mol. The van der Waals surface area contributed by atoms with Crippen molar-refractivity contribution < 1.29 is 18.9 Å². The average Bonchev–Trinajstić information content (AvgIpc) is 3.51. The Morgan fingerprint density at radius 1 is 1.23 bits per heavy atom. The molecule has 1 aliphatic heterocycles. The van der Waals surface area contributed by atoms with Crippen LogP contribution in [0.4, 0.5) is 0 Å². The van der Waals surface area contributed by atoms with Gasteiger partial charge < -0.3 is 30.6 Å². The van der Waals surface area contributed by atoms with Gasteiger partial charge in [-0.05, 0) is 72.6 Å². The molecule has 0 radical (unpaired) electrons. The zero-order valence-corrected chi connectivity index (χ0v) is 24.0. The van der Waals surface area contributed by atoms with Crippen LogP contribution in [0.1, 0.15) is 66.7 Å². The van der Waals surface area contributed by atoms with Gasteiger partial charge in [-0.2, -0.15) is 0 Å². The lowest BCUT2D eigenvalue weighted by molar-refractivity contribution is -0.199. The van der Waals surface area contributed by atoms with Gasteiger partial charge in [0.2, 0.25) is 11.8 Å². The standard InChI is InChI=1S/C25H44BN9O4/c1-15(2)10-20(26-38-19-12-16-11-18(24(16,3)4)25(19,5)39-26)32-22(37)17(8-7-9-29-23(27)28-6)31-21(36)13-35-14-30-33-34-35/h14-20H,7-13H2,1-6H3,(H,31,36)(H,32,37)(H3,27,28,29)/t16-,17-,18-,19+,20-,25-/m0/s1. The number of nitrogens with one attached hydrogen (secondary N) is 5. The smallest absolute Gasteiger partial charge is 0.404 e. The summed E-state index contributed by atoms with van der Waals surface area (Å²) in [4.78, 5) is 26.4. The highest BCUT2D eigenvalue weighted by Gasteiger charge is 2.68. The molecule has 1 aromatic heterocycles. The fourth-order valence-corrected chi connectivity index (χ4v) is 6.62. The maximum Gasteiger partial charge on any atom is 0.481 e. The van der Waals surface area contributed by atoms with E-state index >= 15 is 0 Å². The van der Waals surface area contributed by atoms with E-state index in [0.717, 1.165) is 12.8 Å². The summed E-state index contributed by atoms with van der Waals surface area (Å²) in [6.07, 6.45) is 5.14. The van der Waals surface area contributed by atoms with E-state index in [2.05, 4.69) is 71.4 Å². The Labute approximate surface area is 230 Å². The largest absolute Gasteiger partial charge is 0.481 e. The van der Waals surface area contributed by atoms with E-state index in [4.69, 9.17) is 14.7 Å². The highest BCUT2D eigenvalue weighted by atomic mass is 16.7. The Kier molecular flexibility index (Phi) is 8.84. The van der Waals surface area contributed by atoms with Gasteiger partial charge in [0.15, 0.2) is 5.96 Å². The van der Waals surface area contributed by atoms with Crippen molar-refractivity contribution in [3.8, 4) is 0 Å². The second-order valence-corrected chi connectivity index (χ2v) is 12.4. The van der Waals surface area contributed by atoms with E-state index < -0.39 is 13.2 Å². The van der Waals surface area contributed by atoms with Crippen LogP contribution in [0.5, 0.6) is 0 Å². The van der Waals surface area contributed by atoms with Gasteiger partial charge in [0.25, 0.3) is 0 Å². The molecule has 5 rings (SSSR count). The van der Waals surface area contributed by atoms with Crippen LogP contribution in [0.25, 0.3) is 0 Å². The Morgan fingerprint density at radius 3 is 2.64 bits per heavy atom. The van der Waals surface area contributed by atoms with Crippen LogP contribution in [0.2, 0.25) is 0 Å². The van der Waals surface area contributed by atoms with Crippen molar-refractivity contribution in [2.45, 2.75) is 97.0 Å². The van der Waals surface area contributed by atoms with E-state index in [1.54, 1.807) is 7.05 Å². The molecule has 0 aromatic carbocycles. The van der Waals surface area contributed by atoms with E-state index in [1.807, 2.05) is 0 Å². The summed E-state index contributed by atoms with van der Waals surface area (Å²) < 4.78 is 14.5. The molecule has 6 atom stereocenters. The van der Waals surface area contributed by atoms with Crippen LogP contribution in [0.3, 0.4) is 0 Å². The molecule has 5 N–H and O–H groups in total. The van der Waals surface area contributed by atoms with E-state index in [9.17, 15) is 9.59 Å². The van der Waals surface area contributed by atoms with Crippen LogP contribution >= 0.6 is 0 Å². The third-order valence-electron chi connectivity index (χ3n) is 8.92. The van der Waals surface area contributed by atoms with Crippen molar-refractivity contribution in [2.75, 3.05) is 13.6 Å². The van der Waals surface area contributed by atoms with Crippen molar-refractivity contribution in [1.82, 2.24) is 41.5 Å². The van der Waals surface area contributed by atoms with Crippen LogP contribution in [0, 0.1) is 28.6 Å². The number of guanidine groups is 1. The molecule has 3 saturated carbocycles. The predicted octanol–water partition coefficient (Wildman–Crippen LogP) is 0.480. The molecule has 3 aliphatic carbocycles. The molecular weight excluding hydrogens is 501 g/mol. The number of rotatable bonds is 12. The van der Waals surface area contributed by atoms with E-state index in [1.165, 1.54) is 11.0 Å². The van der Waals surface area contributed by atoms with Crippen molar-refractivity contribution in [1.29, 1.82) is 5.41 Å². The summed E-state index contributed by atoms with van der Waals surface area (Å²) in [5.74, 6) is 0.554. The number of hydrogen-bond acceptors (Lipinski definition) is 8. The first kappa shape index (κ1) is 29.3. The average molecular weight is 545 g/mol. The van der Waals surface area contributed by atoms with Crippen molar-refractivity contribution >= 4 is 24.9 Å².